The molecule has 0 heterocycles. The first-order chi connectivity index (χ1) is 7.75. The highest BCUT2D eigenvalue weighted by atomic mass is 16.5. The van der Waals surface area contributed by atoms with Crippen LogP contribution in [0.4, 0.5) is 0 Å². The van der Waals surface area contributed by atoms with Crippen LogP contribution in [0.2, 0.25) is 0 Å². The summed E-state index contributed by atoms with van der Waals surface area (Å²) < 4.78 is 5.17. The molecule has 84 valence electrons. The van der Waals surface area contributed by atoms with Gasteiger partial charge in [0.25, 0.3) is 0 Å². The number of Topliss-reactive ketones (excluding diaryl/α,β-unsaturated/α-hetero) is 1. The third-order valence-electron chi connectivity index (χ3n) is 2.80. The van der Waals surface area contributed by atoms with Gasteiger partial charge in [-0.05, 0) is 12.0 Å². The van der Waals surface area contributed by atoms with Crippen LogP contribution in [-0.4, -0.2) is 11.8 Å². The Morgan fingerprint density at radius 1 is 1.31 bits per heavy atom. The second-order valence-corrected chi connectivity index (χ2v) is 4.07. The van der Waals surface area contributed by atoms with E-state index in [0.717, 1.165) is 5.56 Å². The third-order valence-corrected chi connectivity index (χ3v) is 2.80. The number of hydrogen-bond donors (Lipinski definition) is 0. The molecule has 1 aromatic carbocycles. The molecule has 0 saturated heterocycles. The molecule has 0 bridgehead atoms. The summed E-state index contributed by atoms with van der Waals surface area (Å²) in [5, 5.41) is 0. The SMILES string of the molecule is O=C1CC[C@H](C(=O)OCc2ccccc2)C1. The smallest absolute Gasteiger partial charge is 0.309 e. The molecule has 0 N–H and O–H groups in total. The minimum atomic E-state index is -0.241. The minimum absolute atomic E-state index is 0.168. The molecule has 0 spiro atoms. The van der Waals surface area contributed by atoms with Crippen molar-refractivity contribution >= 4 is 11.8 Å². The molecule has 3 nitrogen and oxygen atoms in total. The zero-order valence-electron chi connectivity index (χ0n) is 9.02. The second kappa shape index (κ2) is 4.92. The van der Waals surface area contributed by atoms with Crippen LogP contribution in [0.1, 0.15) is 24.8 Å². The fourth-order valence-electron chi connectivity index (χ4n) is 1.86. The molecule has 16 heavy (non-hydrogen) atoms. The van der Waals surface area contributed by atoms with Gasteiger partial charge in [-0.2, -0.15) is 0 Å². The van der Waals surface area contributed by atoms with Crippen molar-refractivity contribution in [3.63, 3.8) is 0 Å². The van der Waals surface area contributed by atoms with Gasteiger partial charge in [0, 0.05) is 12.8 Å². The van der Waals surface area contributed by atoms with E-state index in [2.05, 4.69) is 0 Å². The Kier molecular flexibility index (Phi) is 3.34. The monoisotopic (exact) mass is 218 g/mol. The van der Waals surface area contributed by atoms with Gasteiger partial charge in [-0.25, -0.2) is 0 Å². The van der Waals surface area contributed by atoms with E-state index in [1.54, 1.807) is 0 Å². The lowest BCUT2D eigenvalue weighted by atomic mass is 10.1. The predicted octanol–water partition coefficient (Wildman–Crippen LogP) is 2.10. The van der Waals surface area contributed by atoms with Crippen LogP contribution in [0.25, 0.3) is 0 Å². The fraction of sp³-hybridized carbons (Fsp3) is 0.385. The summed E-state index contributed by atoms with van der Waals surface area (Å²) in [5.74, 6) is -0.285. The van der Waals surface area contributed by atoms with E-state index in [-0.39, 0.29) is 17.7 Å². The molecular weight excluding hydrogens is 204 g/mol. The lowest BCUT2D eigenvalue weighted by Gasteiger charge is -2.08. The van der Waals surface area contributed by atoms with Gasteiger partial charge in [0.1, 0.15) is 12.4 Å². The van der Waals surface area contributed by atoms with Crippen molar-refractivity contribution in [3.05, 3.63) is 35.9 Å². The summed E-state index contributed by atoms with van der Waals surface area (Å²) in [7, 11) is 0. The average molecular weight is 218 g/mol. The highest BCUT2D eigenvalue weighted by Crippen LogP contribution is 2.23. The van der Waals surface area contributed by atoms with Gasteiger partial charge in [-0.15, -0.1) is 0 Å². The molecule has 0 radical (unpaired) electrons. The van der Waals surface area contributed by atoms with E-state index in [1.807, 2.05) is 30.3 Å². The molecule has 1 atom stereocenters. The molecule has 1 saturated carbocycles. The predicted molar refractivity (Wildman–Crippen MR) is 58.6 cm³/mol. The summed E-state index contributed by atoms with van der Waals surface area (Å²) in [6, 6.07) is 9.55. The minimum Gasteiger partial charge on any atom is -0.461 e. The van der Waals surface area contributed by atoms with Crippen molar-refractivity contribution in [1.29, 1.82) is 0 Å². The number of carbonyl (C=O) groups excluding carboxylic acids is 2. The largest absolute Gasteiger partial charge is 0.461 e. The Morgan fingerprint density at radius 2 is 2.06 bits per heavy atom. The van der Waals surface area contributed by atoms with E-state index in [1.165, 1.54) is 0 Å². The van der Waals surface area contributed by atoms with Crippen LogP contribution in [-0.2, 0) is 20.9 Å². The molecule has 2 rings (SSSR count). The molecular formula is C13H14O3. The Labute approximate surface area is 94.4 Å². The molecule has 0 aliphatic heterocycles. The maximum absolute atomic E-state index is 11.6. The molecule has 0 aromatic heterocycles. The van der Waals surface area contributed by atoms with Gasteiger partial charge >= 0.3 is 5.97 Å². The maximum Gasteiger partial charge on any atom is 0.309 e. The number of ketones is 1. The highest BCUT2D eigenvalue weighted by molar-refractivity contribution is 5.87. The van der Waals surface area contributed by atoms with Crippen molar-refractivity contribution < 1.29 is 14.3 Å². The normalized spacial score (nSPS) is 19.8. The quantitative estimate of drug-likeness (QED) is 0.730. The van der Waals surface area contributed by atoms with Crippen LogP contribution < -0.4 is 0 Å². The van der Waals surface area contributed by atoms with E-state index >= 15 is 0 Å². The molecule has 1 aliphatic carbocycles. The topological polar surface area (TPSA) is 43.4 Å². The first-order valence-corrected chi connectivity index (χ1v) is 5.48. The molecule has 1 fully saturated rings. The standard InChI is InChI=1S/C13H14O3/c14-12-7-6-11(8-12)13(15)16-9-10-4-2-1-3-5-10/h1-5,11H,6-9H2/t11-/m0/s1. The zero-order chi connectivity index (χ0) is 11.4. The van der Waals surface area contributed by atoms with Crippen LogP contribution in [0.15, 0.2) is 30.3 Å². The number of ether oxygens (including phenoxy) is 1. The van der Waals surface area contributed by atoms with Crippen LogP contribution >= 0.6 is 0 Å². The Balaban J connectivity index is 1.82. The number of esters is 1. The lowest BCUT2D eigenvalue weighted by molar-refractivity contribution is -0.150. The highest BCUT2D eigenvalue weighted by Gasteiger charge is 2.29. The molecule has 3 heteroatoms. The number of carbonyl (C=O) groups is 2. The number of benzene rings is 1. The van der Waals surface area contributed by atoms with Crippen molar-refractivity contribution in [2.45, 2.75) is 25.9 Å². The average Bonchev–Trinajstić information content (AvgIpc) is 2.74. The van der Waals surface area contributed by atoms with Crippen molar-refractivity contribution in [2.75, 3.05) is 0 Å². The van der Waals surface area contributed by atoms with Gasteiger partial charge in [-0.3, -0.25) is 9.59 Å². The number of rotatable bonds is 3. The van der Waals surface area contributed by atoms with Crippen LogP contribution in [0, 0.1) is 5.92 Å². The van der Waals surface area contributed by atoms with Gasteiger partial charge in [0.2, 0.25) is 0 Å². The van der Waals surface area contributed by atoms with E-state index in [9.17, 15) is 9.59 Å². The maximum atomic E-state index is 11.6. The zero-order valence-corrected chi connectivity index (χ0v) is 9.02. The fourth-order valence-corrected chi connectivity index (χ4v) is 1.86. The first kappa shape index (κ1) is 10.9. The van der Waals surface area contributed by atoms with Gasteiger partial charge in [-0.1, -0.05) is 30.3 Å². The second-order valence-electron chi connectivity index (χ2n) is 4.07. The van der Waals surface area contributed by atoms with E-state index in [0.29, 0.717) is 25.9 Å². The van der Waals surface area contributed by atoms with Crippen LogP contribution in [0.3, 0.4) is 0 Å². The van der Waals surface area contributed by atoms with Crippen molar-refractivity contribution in [3.8, 4) is 0 Å². The molecule has 0 unspecified atom stereocenters. The number of hydrogen-bond acceptors (Lipinski definition) is 3. The summed E-state index contributed by atoms with van der Waals surface area (Å²) in [6.07, 6.45) is 1.52. The Bertz CT molecular complexity index is 383. The molecule has 0 amide bonds. The molecule has 1 aliphatic rings. The molecule has 1 aromatic rings. The Hall–Kier alpha value is -1.64. The van der Waals surface area contributed by atoms with Gasteiger partial charge in [0.15, 0.2) is 0 Å². The lowest BCUT2D eigenvalue weighted by Crippen LogP contribution is -2.15. The van der Waals surface area contributed by atoms with E-state index < -0.39 is 0 Å². The first-order valence-electron chi connectivity index (χ1n) is 5.48. The summed E-state index contributed by atoms with van der Waals surface area (Å²) in [5.41, 5.74) is 0.972. The van der Waals surface area contributed by atoms with Crippen LogP contribution in [0.5, 0.6) is 0 Å². The summed E-state index contributed by atoms with van der Waals surface area (Å²) >= 11 is 0. The summed E-state index contributed by atoms with van der Waals surface area (Å²) in [4.78, 5) is 22.6. The van der Waals surface area contributed by atoms with Gasteiger partial charge in [0.05, 0.1) is 5.92 Å². The van der Waals surface area contributed by atoms with Gasteiger partial charge < -0.3 is 4.74 Å². The van der Waals surface area contributed by atoms with E-state index in [4.69, 9.17) is 4.74 Å². The third kappa shape index (κ3) is 2.69. The van der Waals surface area contributed by atoms with Crippen molar-refractivity contribution in [1.82, 2.24) is 0 Å². The Morgan fingerprint density at radius 3 is 2.69 bits per heavy atom. The summed E-state index contributed by atoms with van der Waals surface area (Å²) in [6.45, 7) is 0.296. The van der Waals surface area contributed by atoms with Crippen molar-refractivity contribution in [2.24, 2.45) is 5.92 Å².